The van der Waals surface area contributed by atoms with Gasteiger partial charge in [0.2, 0.25) is 21.8 Å². The molecule has 0 saturated heterocycles. The molecule has 1 saturated carbocycles. The number of carbonyl (C=O) groups excluding carboxylic acids is 2. The number of anilines is 1. The molecule has 3 aromatic rings. The predicted octanol–water partition coefficient (Wildman–Crippen LogP) is 6.16. The molecule has 2 amide bonds. The number of amides is 2. The number of carbonyl (C=O) groups is 2. The topological polar surface area (TPSA) is 86.8 Å². The van der Waals surface area contributed by atoms with Crippen LogP contribution in [0, 0.1) is 6.92 Å². The molecule has 4 rings (SSSR count). The van der Waals surface area contributed by atoms with E-state index < -0.39 is 28.5 Å². The molecule has 1 aliphatic rings. The van der Waals surface area contributed by atoms with Crippen molar-refractivity contribution in [2.45, 2.75) is 64.1 Å². The summed E-state index contributed by atoms with van der Waals surface area (Å²) < 4.78 is 27.0. The van der Waals surface area contributed by atoms with Crippen LogP contribution in [0.3, 0.4) is 0 Å². The Bertz CT molecular complexity index is 1480. The van der Waals surface area contributed by atoms with Crippen molar-refractivity contribution in [3.05, 3.63) is 99.5 Å². The van der Waals surface area contributed by atoms with E-state index in [1.54, 1.807) is 36.4 Å². The van der Waals surface area contributed by atoms with Crippen LogP contribution in [0.15, 0.2) is 72.8 Å². The van der Waals surface area contributed by atoms with E-state index in [1.807, 2.05) is 37.3 Å². The third kappa shape index (κ3) is 8.72. The smallest absolute Gasteiger partial charge is 0.244 e. The average molecular weight is 631 g/mol. The third-order valence-corrected chi connectivity index (χ3v) is 9.41. The largest absolute Gasteiger partial charge is 0.352 e. The van der Waals surface area contributed by atoms with Crippen LogP contribution in [-0.4, -0.2) is 50.0 Å². The molecule has 0 heterocycles. The highest BCUT2D eigenvalue weighted by Gasteiger charge is 2.34. The van der Waals surface area contributed by atoms with Crippen molar-refractivity contribution in [1.82, 2.24) is 10.2 Å². The van der Waals surface area contributed by atoms with E-state index >= 15 is 0 Å². The number of nitrogens with zero attached hydrogens (tertiary/aromatic N) is 2. The molecule has 0 bridgehead atoms. The second-order valence-corrected chi connectivity index (χ2v) is 13.7. The zero-order valence-electron chi connectivity index (χ0n) is 23.9. The summed E-state index contributed by atoms with van der Waals surface area (Å²) in [5.74, 6) is -0.760. The highest BCUT2D eigenvalue weighted by Crippen LogP contribution is 2.26. The minimum Gasteiger partial charge on any atom is -0.352 e. The number of benzene rings is 3. The molecular weight excluding hydrogens is 593 g/mol. The molecule has 1 atom stereocenters. The fourth-order valence-corrected chi connectivity index (χ4v) is 6.38. The Balaban J connectivity index is 1.72. The normalized spacial score (nSPS) is 14.7. The van der Waals surface area contributed by atoms with Gasteiger partial charge in [0.1, 0.15) is 12.6 Å². The molecular formula is C32H37Cl2N3O4S. The first kappa shape index (κ1) is 31.9. The summed E-state index contributed by atoms with van der Waals surface area (Å²) in [6, 6.07) is 20.6. The molecule has 1 aliphatic carbocycles. The lowest BCUT2D eigenvalue weighted by Gasteiger charge is -2.35. The van der Waals surface area contributed by atoms with E-state index in [1.165, 1.54) is 11.0 Å². The van der Waals surface area contributed by atoms with Gasteiger partial charge in [0.25, 0.3) is 0 Å². The first-order valence-electron chi connectivity index (χ1n) is 14.1. The number of hydrogen-bond acceptors (Lipinski definition) is 4. The SMILES string of the molecule is Cc1ccc(N(CC(=O)N(Cc2ccc(Cl)cc2)C(Cc2ccccc2)C(=O)NC2CCCCC2)S(C)(=O)=O)cc1Cl. The fraction of sp³-hybridized carbons (Fsp3) is 0.375. The Morgan fingerprint density at radius 1 is 0.929 bits per heavy atom. The third-order valence-electron chi connectivity index (χ3n) is 7.61. The Morgan fingerprint density at radius 2 is 1.60 bits per heavy atom. The van der Waals surface area contributed by atoms with Crippen molar-refractivity contribution in [1.29, 1.82) is 0 Å². The molecule has 1 unspecified atom stereocenters. The highest BCUT2D eigenvalue weighted by atomic mass is 35.5. The van der Waals surface area contributed by atoms with Crippen LogP contribution >= 0.6 is 23.2 Å². The summed E-state index contributed by atoms with van der Waals surface area (Å²) in [6.45, 7) is 1.42. The van der Waals surface area contributed by atoms with Gasteiger partial charge in [0.05, 0.1) is 11.9 Å². The van der Waals surface area contributed by atoms with Gasteiger partial charge in [-0.2, -0.15) is 0 Å². The van der Waals surface area contributed by atoms with E-state index in [-0.39, 0.29) is 30.6 Å². The average Bonchev–Trinajstić information content (AvgIpc) is 2.96. The lowest BCUT2D eigenvalue weighted by molar-refractivity contribution is -0.140. The minimum atomic E-state index is -3.87. The van der Waals surface area contributed by atoms with Gasteiger partial charge in [-0.3, -0.25) is 13.9 Å². The second kappa shape index (κ2) is 14.4. The van der Waals surface area contributed by atoms with E-state index in [2.05, 4.69) is 5.32 Å². The van der Waals surface area contributed by atoms with Gasteiger partial charge in [-0.1, -0.05) is 91.0 Å². The number of hydrogen-bond donors (Lipinski definition) is 1. The van der Waals surface area contributed by atoms with Crippen molar-refractivity contribution < 1.29 is 18.0 Å². The second-order valence-electron chi connectivity index (χ2n) is 10.9. The van der Waals surface area contributed by atoms with Crippen LogP contribution < -0.4 is 9.62 Å². The van der Waals surface area contributed by atoms with Gasteiger partial charge in [-0.15, -0.1) is 0 Å². The highest BCUT2D eigenvalue weighted by molar-refractivity contribution is 7.92. The molecule has 7 nitrogen and oxygen atoms in total. The van der Waals surface area contributed by atoms with Crippen molar-refractivity contribution in [2.24, 2.45) is 0 Å². The molecule has 1 N–H and O–H groups in total. The van der Waals surface area contributed by atoms with E-state index in [0.717, 1.165) is 59.4 Å². The van der Waals surface area contributed by atoms with Crippen LogP contribution in [0.1, 0.15) is 48.8 Å². The van der Waals surface area contributed by atoms with Gasteiger partial charge in [-0.05, 0) is 60.7 Å². The molecule has 42 heavy (non-hydrogen) atoms. The Morgan fingerprint density at radius 3 is 2.21 bits per heavy atom. The molecule has 0 aromatic heterocycles. The maximum Gasteiger partial charge on any atom is 0.244 e. The van der Waals surface area contributed by atoms with E-state index in [0.29, 0.717) is 10.0 Å². The molecule has 0 aliphatic heterocycles. The van der Waals surface area contributed by atoms with Crippen molar-refractivity contribution in [3.8, 4) is 0 Å². The monoisotopic (exact) mass is 629 g/mol. The van der Waals surface area contributed by atoms with E-state index in [9.17, 15) is 18.0 Å². The zero-order valence-corrected chi connectivity index (χ0v) is 26.3. The standard InChI is InChI=1S/C32H37Cl2N3O4S/c1-23-13-18-28(20-29(23)34)37(42(2,40)41)22-31(38)36(21-25-14-16-26(33)17-15-25)30(19-24-9-5-3-6-10-24)32(39)35-27-11-7-4-8-12-27/h3,5-6,9-10,13-18,20,27,30H,4,7-8,11-12,19,21-22H2,1-2H3,(H,35,39). The summed E-state index contributed by atoms with van der Waals surface area (Å²) in [5.41, 5.74) is 2.71. The lowest BCUT2D eigenvalue weighted by Crippen LogP contribution is -2.55. The Labute approximate surface area is 258 Å². The number of halogens is 2. The summed E-state index contributed by atoms with van der Waals surface area (Å²) >= 11 is 12.4. The van der Waals surface area contributed by atoms with Gasteiger partial charge in [0, 0.05) is 29.1 Å². The minimum absolute atomic E-state index is 0.0409. The van der Waals surface area contributed by atoms with Crippen molar-refractivity contribution >= 4 is 50.7 Å². The van der Waals surface area contributed by atoms with Crippen LogP contribution in [-0.2, 0) is 32.6 Å². The van der Waals surface area contributed by atoms with Crippen LogP contribution in [0.2, 0.25) is 10.0 Å². The molecule has 10 heteroatoms. The maximum absolute atomic E-state index is 14.2. The first-order chi connectivity index (χ1) is 20.0. The van der Waals surface area contributed by atoms with Crippen LogP contribution in [0.25, 0.3) is 0 Å². The fourth-order valence-electron chi connectivity index (χ4n) is 5.24. The van der Waals surface area contributed by atoms with Gasteiger partial charge >= 0.3 is 0 Å². The first-order valence-corrected chi connectivity index (χ1v) is 16.7. The molecule has 224 valence electrons. The molecule has 0 spiro atoms. The van der Waals surface area contributed by atoms with Crippen molar-refractivity contribution in [2.75, 3.05) is 17.1 Å². The Kier molecular flexibility index (Phi) is 10.9. The summed E-state index contributed by atoms with van der Waals surface area (Å²) in [7, 11) is -3.87. The van der Waals surface area contributed by atoms with Gasteiger partial charge in [0.15, 0.2) is 0 Å². The quantitative estimate of drug-likeness (QED) is 0.275. The zero-order chi connectivity index (χ0) is 30.3. The van der Waals surface area contributed by atoms with Crippen LogP contribution in [0.5, 0.6) is 0 Å². The van der Waals surface area contributed by atoms with Crippen molar-refractivity contribution in [3.63, 3.8) is 0 Å². The number of rotatable bonds is 11. The van der Waals surface area contributed by atoms with Crippen LogP contribution in [0.4, 0.5) is 5.69 Å². The predicted molar refractivity (Wildman–Crippen MR) is 169 cm³/mol. The summed E-state index contributed by atoms with van der Waals surface area (Å²) in [5, 5.41) is 4.13. The molecule has 1 fully saturated rings. The molecule has 3 aromatic carbocycles. The number of sulfonamides is 1. The maximum atomic E-state index is 14.2. The van der Waals surface area contributed by atoms with Gasteiger partial charge < -0.3 is 10.2 Å². The number of aryl methyl sites for hydroxylation is 1. The number of nitrogens with one attached hydrogen (secondary N) is 1. The summed E-state index contributed by atoms with van der Waals surface area (Å²) in [6.07, 6.45) is 6.35. The Hall–Kier alpha value is -3.07. The summed E-state index contributed by atoms with van der Waals surface area (Å²) in [4.78, 5) is 29.7. The lowest BCUT2D eigenvalue weighted by atomic mass is 9.94. The molecule has 0 radical (unpaired) electrons. The van der Waals surface area contributed by atoms with Gasteiger partial charge in [-0.25, -0.2) is 8.42 Å². The van der Waals surface area contributed by atoms with E-state index in [4.69, 9.17) is 23.2 Å².